The van der Waals surface area contributed by atoms with Crippen molar-refractivity contribution in [3.05, 3.63) is 64.2 Å². The Morgan fingerprint density at radius 3 is 2.47 bits per heavy atom. The summed E-state index contributed by atoms with van der Waals surface area (Å²) < 4.78 is 28.7. The zero-order chi connectivity index (χ0) is 24.4. The highest BCUT2D eigenvalue weighted by Crippen LogP contribution is 2.29. The molecule has 2 fully saturated rings. The number of nitrogens with zero attached hydrogens (tertiary/aromatic N) is 2. The van der Waals surface area contributed by atoms with Gasteiger partial charge in [0.15, 0.2) is 0 Å². The molecule has 1 heterocycles. The molecule has 1 unspecified atom stereocenters. The SMILES string of the molecule is Cc1ccc(C(=O)Nc2cc(F)cc(CN3CCN(C(=O)C4CCCC4)C(C)C3)c2C)c(F)c1. The molecule has 2 aliphatic rings. The van der Waals surface area contributed by atoms with Crippen molar-refractivity contribution in [3.63, 3.8) is 0 Å². The van der Waals surface area contributed by atoms with Crippen molar-refractivity contribution in [2.75, 3.05) is 25.0 Å². The fourth-order valence-corrected chi connectivity index (χ4v) is 5.18. The second kappa shape index (κ2) is 10.2. The lowest BCUT2D eigenvalue weighted by molar-refractivity contribution is -0.140. The van der Waals surface area contributed by atoms with Crippen LogP contribution < -0.4 is 5.32 Å². The Kier molecular flexibility index (Phi) is 7.31. The van der Waals surface area contributed by atoms with Crippen LogP contribution in [0.15, 0.2) is 30.3 Å². The molecule has 0 bridgehead atoms. The van der Waals surface area contributed by atoms with Gasteiger partial charge in [0, 0.05) is 43.8 Å². The molecule has 0 spiro atoms. The number of hydrogen-bond acceptors (Lipinski definition) is 3. The fraction of sp³-hybridized carbons (Fsp3) is 0.481. The van der Waals surface area contributed by atoms with Crippen molar-refractivity contribution < 1.29 is 18.4 Å². The molecule has 5 nitrogen and oxygen atoms in total. The van der Waals surface area contributed by atoms with Gasteiger partial charge in [-0.1, -0.05) is 18.9 Å². The molecule has 1 aliphatic carbocycles. The van der Waals surface area contributed by atoms with E-state index < -0.39 is 17.5 Å². The summed E-state index contributed by atoms with van der Waals surface area (Å²) >= 11 is 0. The van der Waals surface area contributed by atoms with E-state index in [0.29, 0.717) is 25.3 Å². The van der Waals surface area contributed by atoms with Gasteiger partial charge in [-0.2, -0.15) is 0 Å². The van der Waals surface area contributed by atoms with Gasteiger partial charge in [-0.05, 0) is 74.6 Å². The third-order valence-corrected chi connectivity index (χ3v) is 7.19. The minimum atomic E-state index is -0.607. The molecule has 1 saturated heterocycles. The molecule has 1 saturated carbocycles. The molecule has 4 rings (SSSR count). The molecule has 182 valence electrons. The minimum Gasteiger partial charge on any atom is -0.337 e. The van der Waals surface area contributed by atoms with E-state index in [1.807, 2.05) is 11.8 Å². The number of amides is 2. The van der Waals surface area contributed by atoms with E-state index in [9.17, 15) is 18.4 Å². The van der Waals surface area contributed by atoms with Gasteiger partial charge in [0.2, 0.25) is 5.91 Å². The average Bonchev–Trinajstić information content (AvgIpc) is 3.31. The van der Waals surface area contributed by atoms with Gasteiger partial charge in [-0.15, -0.1) is 0 Å². The first-order valence-corrected chi connectivity index (χ1v) is 12.1. The predicted octanol–water partition coefficient (Wildman–Crippen LogP) is 5.06. The number of benzene rings is 2. The van der Waals surface area contributed by atoms with Gasteiger partial charge in [0.1, 0.15) is 11.6 Å². The highest BCUT2D eigenvalue weighted by atomic mass is 19.1. The topological polar surface area (TPSA) is 52.7 Å². The highest BCUT2D eigenvalue weighted by Gasteiger charge is 2.33. The first-order chi connectivity index (χ1) is 16.2. The van der Waals surface area contributed by atoms with Crippen LogP contribution in [0.1, 0.15) is 59.7 Å². The van der Waals surface area contributed by atoms with Crippen molar-refractivity contribution in [1.82, 2.24) is 9.80 Å². The summed E-state index contributed by atoms with van der Waals surface area (Å²) in [5.41, 5.74) is 2.50. The Balaban J connectivity index is 1.44. The van der Waals surface area contributed by atoms with Crippen LogP contribution in [0.4, 0.5) is 14.5 Å². The lowest BCUT2D eigenvalue weighted by Crippen LogP contribution is -2.54. The second-order valence-electron chi connectivity index (χ2n) is 9.77. The number of piperazine rings is 1. The van der Waals surface area contributed by atoms with Gasteiger partial charge in [-0.3, -0.25) is 14.5 Å². The van der Waals surface area contributed by atoms with Crippen molar-refractivity contribution >= 4 is 17.5 Å². The van der Waals surface area contributed by atoms with Crippen molar-refractivity contribution in [3.8, 4) is 0 Å². The third-order valence-electron chi connectivity index (χ3n) is 7.19. The normalized spacial score (nSPS) is 19.4. The van der Waals surface area contributed by atoms with Gasteiger partial charge in [0.05, 0.1) is 5.56 Å². The molecule has 1 N–H and O–H groups in total. The van der Waals surface area contributed by atoms with E-state index in [0.717, 1.165) is 48.9 Å². The van der Waals surface area contributed by atoms with Gasteiger partial charge < -0.3 is 10.2 Å². The molecule has 1 atom stereocenters. The number of carbonyl (C=O) groups is 2. The Labute approximate surface area is 200 Å². The summed E-state index contributed by atoms with van der Waals surface area (Å²) in [4.78, 5) is 29.7. The second-order valence-corrected chi connectivity index (χ2v) is 9.77. The summed E-state index contributed by atoms with van der Waals surface area (Å²) in [5, 5.41) is 2.68. The number of carbonyl (C=O) groups excluding carboxylic acids is 2. The smallest absolute Gasteiger partial charge is 0.258 e. The molecule has 1 aliphatic heterocycles. The predicted molar refractivity (Wildman–Crippen MR) is 129 cm³/mol. The molecule has 34 heavy (non-hydrogen) atoms. The number of aryl methyl sites for hydroxylation is 1. The highest BCUT2D eigenvalue weighted by molar-refractivity contribution is 6.05. The van der Waals surface area contributed by atoms with Crippen LogP contribution in [0.5, 0.6) is 0 Å². The number of halogens is 2. The van der Waals surface area contributed by atoms with Crippen molar-refractivity contribution in [2.24, 2.45) is 5.92 Å². The van der Waals surface area contributed by atoms with Crippen LogP contribution >= 0.6 is 0 Å². The maximum Gasteiger partial charge on any atom is 0.258 e. The quantitative estimate of drug-likeness (QED) is 0.666. The Hall–Kier alpha value is -2.80. The van der Waals surface area contributed by atoms with Crippen LogP contribution in [-0.2, 0) is 11.3 Å². The van der Waals surface area contributed by atoms with E-state index >= 15 is 0 Å². The number of rotatable bonds is 5. The molecule has 2 aromatic carbocycles. The summed E-state index contributed by atoms with van der Waals surface area (Å²) in [6.45, 7) is 8.26. The maximum absolute atomic E-state index is 14.5. The molecule has 2 amide bonds. The standard InChI is InChI=1S/C27H33F2N3O2/c1-17-8-9-23(24(29)12-17)26(33)30-25-14-22(28)13-21(19(25)3)16-31-10-11-32(18(2)15-31)27(34)20-6-4-5-7-20/h8-9,12-14,18,20H,4-7,10-11,15-16H2,1-3H3,(H,30,33). The molecule has 7 heteroatoms. The van der Waals surface area contributed by atoms with Crippen LogP contribution in [0.2, 0.25) is 0 Å². The molecule has 2 aromatic rings. The Morgan fingerprint density at radius 1 is 1.06 bits per heavy atom. The average molecular weight is 470 g/mol. The lowest BCUT2D eigenvalue weighted by atomic mass is 10.0. The third kappa shape index (κ3) is 5.30. The largest absolute Gasteiger partial charge is 0.337 e. The maximum atomic E-state index is 14.5. The number of nitrogens with one attached hydrogen (secondary N) is 1. The van der Waals surface area contributed by atoms with E-state index in [1.54, 1.807) is 13.0 Å². The van der Waals surface area contributed by atoms with Gasteiger partial charge in [0.25, 0.3) is 5.91 Å². The lowest BCUT2D eigenvalue weighted by Gasteiger charge is -2.41. The summed E-state index contributed by atoms with van der Waals surface area (Å²) in [6.07, 6.45) is 4.27. The summed E-state index contributed by atoms with van der Waals surface area (Å²) in [6, 6.07) is 7.25. The zero-order valence-electron chi connectivity index (χ0n) is 20.2. The Bertz CT molecular complexity index is 1080. The zero-order valence-corrected chi connectivity index (χ0v) is 20.2. The van der Waals surface area contributed by atoms with E-state index in [4.69, 9.17) is 0 Å². The number of hydrogen-bond donors (Lipinski definition) is 1. The summed E-state index contributed by atoms with van der Waals surface area (Å²) in [5.74, 6) is -1.22. The van der Waals surface area contributed by atoms with Crippen LogP contribution in [0.3, 0.4) is 0 Å². The first-order valence-electron chi connectivity index (χ1n) is 12.1. The van der Waals surface area contributed by atoms with Gasteiger partial charge >= 0.3 is 0 Å². The van der Waals surface area contributed by atoms with Crippen molar-refractivity contribution in [1.29, 1.82) is 0 Å². The molecular weight excluding hydrogens is 436 g/mol. The van der Waals surface area contributed by atoms with E-state index in [1.165, 1.54) is 24.3 Å². The molecule has 0 radical (unpaired) electrons. The Morgan fingerprint density at radius 2 is 1.79 bits per heavy atom. The first kappa shape index (κ1) is 24.3. The molecular formula is C27H33F2N3O2. The van der Waals surface area contributed by atoms with Gasteiger partial charge in [-0.25, -0.2) is 8.78 Å². The van der Waals surface area contributed by atoms with Crippen LogP contribution in [0.25, 0.3) is 0 Å². The monoisotopic (exact) mass is 469 g/mol. The molecule has 0 aromatic heterocycles. The van der Waals surface area contributed by atoms with E-state index in [2.05, 4.69) is 17.1 Å². The summed E-state index contributed by atoms with van der Waals surface area (Å²) in [7, 11) is 0. The number of anilines is 1. The fourth-order valence-electron chi connectivity index (χ4n) is 5.18. The van der Waals surface area contributed by atoms with Crippen LogP contribution in [0, 0.1) is 31.4 Å². The van der Waals surface area contributed by atoms with Crippen molar-refractivity contribution in [2.45, 2.75) is 59.0 Å². The van der Waals surface area contributed by atoms with Crippen LogP contribution in [-0.4, -0.2) is 47.3 Å². The minimum absolute atomic E-state index is 0.0762. The van der Waals surface area contributed by atoms with E-state index in [-0.39, 0.29) is 23.4 Å².